The van der Waals surface area contributed by atoms with E-state index in [4.69, 9.17) is 9.15 Å². The molecule has 0 fully saturated rings. The summed E-state index contributed by atoms with van der Waals surface area (Å²) < 4.78 is 40.3. The average molecular weight is 611 g/mol. The summed E-state index contributed by atoms with van der Waals surface area (Å²) in [7, 11) is -3.89. The topological polar surface area (TPSA) is 97.1 Å². The summed E-state index contributed by atoms with van der Waals surface area (Å²) in [4.78, 5) is 28.3. The molecule has 44 heavy (non-hydrogen) atoms. The maximum atomic E-state index is 13.8. The van der Waals surface area contributed by atoms with Crippen LogP contribution in [0.15, 0.2) is 117 Å². The molecule has 1 aromatic heterocycles. The molecule has 9 heteroatoms. The van der Waals surface area contributed by atoms with Crippen molar-refractivity contribution < 1.29 is 27.2 Å². The van der Waals surface area contributed by atoms with Crippen LogP contribution in [0.2, 0.25) is 0 Å². The van der Waals surface area contributed by atoms with Crippen LogP contribution in [0.3, 0.4) is 0 Å². The van der Waals surface area contributed by atoms with Gasteiger partial charge in [0.2, 0.25) is 10.0 Å². The van der Waals surface area contributed by atoms with E-state index in [1.807, 2.05) is 56.3 Å². The van der Waals surface area contributed by atoms with E-state index in [9.17, 15) is 18.0 Å². The SMILES string of the molecule is CCOC(=O)C1=C(C)N(c2ccccc2)C(=O)/C1=C/c1ccc(CN(Cc2ccc(C)cc2)S(=O)(=O)c2ccc(C)cc2)o1. The molecule has 3 aromatic carbocycles. The third-order valence-electron chi connectivity index (χ3n) is 7.33. The number of hydrogen-bond donors (Lipinski definition) is 0. The Kier molecular flexibility index (Phi) is 8.98. The smallest absolute Gasteiger partial charge is 0.340 e. The van der Waals surface area contributed by atoms with E-state index in [1.54, 1.807) is 62.4 Å². The molecule has 4 aromatic rings. The second kappa shape index (κ2) is 12.9. The lowest BCUT2D eigenvalue weighted by Crippen LogP contribution is -2.30. The normalized spacial score (nSPS) is 14.6. The van der Waals surface area contributed by atoms with E-state index in [0.29, 0.717) is 22.9 Å². The fourth-order valence-electron chi connectivity index (χ4n) is 5.02. The first-order valence-electron chi connectivity index (χ1n) is 14.3. The third kappa shape index (κ3) is 6.44. The number of anilines is 1. The number of allylic oxidation sites excluding steroid dienone is 1. The fraction of sp³-hybridized carbons (Fsp3) is 0.200. The highest BCUT2D eigenvalue weighted by Crippen LogP contribution is 2.35. The molecular weight excluding hydrogens is 576 g/mol. The number of carbonyl (C=O) groups excluding carboxylic acids is 2. The maximum Gasteiger partial charge on any atom is 0.340 e. The lowest BCUT2D eigenvalue weighted by Gasteiger charge is -2.21. The number of ether oxygens (including phenoxy) is 1. The second-order valence-electron chi connectivity index (χ2n) is 10.6. The van der Waals surface area contributed by atoms with Gasteiger partial charge in [-0.1, -0.05) is 65.7 Å². The first-order valence-corrected chi connectivity index (χ1v) is 15.7. The molecule has 8 nitrogen and oxygen atoms in total. The molecule has 0 saturated heterocycles. The molecule has 1 amide bonds. The lowest BCUT2D eigenvalue weighted by molar-refractivity contribution is -0.138. The molecule has 0 aliphatic carbocycles. The largest absolute Gasteiger partial charge is 0.462 e. The molecule has 0 radical (unpaired) electrons. The number of sulfonamides is 1. The highest BCUT2D eigenvalue weighted by atomic mass is 32.2. The first-order chi connectivity index (χ1) is 21.1. The summed E-state index contributed by atoms with van der Waals surface area (Å²) in [6.07, 6.45) is 1.50. The van der Waals surface area contributed by atoms with Gasteiger partial charge in [0.25, 0.3) is 5.91 Å². The van der Waals surface area contributed by atoms with Gasteiger partial charge in [-0.2, -0.15) is 4.31 Å². The minimum absolute atomic E-state index is 0.0447. The highest BCUT2D eigenvalue weighted by molar-refractivity contribution is 7.89. The van der Waals surface area contributed by atoms with Gasteiger partial charge in [0, 0.05) is 17.9 Å². The van der Waals surface area contributed by atoms with E-state index in [-0.39, 0.29) is 35.7 Å². The molecule has 0 unspecified atom stereocenters. The molecule has 0 N–H and O–H groups in total. The van der Waals surface area contributed by atoms with Crippen molar-refractivity contribution in [2.24, 2.45) is 0 Å². The Morgan fingerprint density at radius 3 is 2.14 bits per heavy atom. The van der Waals surface area contributed by atoms with Crippen LogP contribution in [-0.2, 0) is 37.4 Å². The van der Waals surface area contributed by atoms with Crippen molar-refractivity contribution in [3.63, 3.8) is 0 Å². The van der Waals surface area contributed by atoms with Crippen LogP contribution in [0.5, 0.6) is 0 Å². The van der Waals surface area contributed by atoms with Crippen molar-refractivity contribution in [1.82, 2.24) is 4.31 Å². The van der Waals surface area contributed by atoms with Gasteiger partial charge in [0.15, 0.2) is 0 Å². The Labute approximate surface area is 257 Å². The number of rotatable bonds is 10. The van der Waals surface area contributed by atoms with E-state index >= 15 is 0 Å². The first kappa shape index (κ1) is 30.7. The Balaban J connectivity index is 1.48. The molecule has 1 aliphatic rings. The van der Waals surface area contributed by atoms with Crippen molar-refractivity contribution >= 4 is 33.7 Å². The minimum atomic E-state index is -3.89. The minimum Gasteiger partial charge on any atom is -0.462 e. The maximum absolute atomic E-state index is 13.8. The van der Waals surface area contributed by atoms with Crippen LogP contribution < -0.4 is 4.90 Å². The molecule has 0 saturated carbocycles. The second-order valence-corrected chi connectivity index (χ2v) is 12.5. The van der Waals surface area contributed by atoms with Crippen LogP contribution in [-0.4, -0.2) is 31.2 Å². The standard InChI is InChI=1S/C35H34N2O6S/c1-5-42-35(39)33-26(4)37(28-9-7-6-8-10-28)34(38)32(33)21-29-17-18-30(43-29)23-36(22-27-15-11-24(2)12-16-27)44(40,41)31-19-13-25(3)14-20-31/h6-21H,5,22-23H2,1-4H3/b32-21+. The van der Waals surface area contributed by atoms with Crippen molar-refractivity contribution in [3.8, 4) is 0 Å². The Hall–Kier alpha value is -4.73. The molecule has 5 rings (SSSR count). The van der Waals surface area contributed by atoms with Crippen molar-refractivity contribution in [2.75, 3.05) is 11.5 Å². The van der Waals surface area contributed by atoms with E-state index in [0.717, 1.165) is 16.7 Å². The van der Waals surface area contributed by atoms with Crippen molar-refractivity contribution in [3.05, 3.63) is 136 Å². The van der Waals surface area contributed by atoms with E-state index in [1.165, 1.54) is 15.3 Å². The van der Waals surface area contributed by atoms with Gasteiger partial charge in [-0.25, -0.2) is 13.2 Å². The summed E-state index contributed by atoms with van der Waals surface area (Å²) >= 11 is 0. The van der Waals surface area contributed by atoms with Gasteiger partial charge in [-0.05, 0) is 75.7 Å². The third-order valence-corrected chi connectivity index (χ3v) is 9.14. The van der Waals surface area contributed by atoms with Crippen LogP contribution in [0, 0.1) is 13.8 Å². The van der Waals surface area contributed by atoms with E-state index < -0.39 is 21.9 Å². The summed E-state index contributed by atoms with van der Waals surface area (Å²) in [5.74, 6) is -0.319. The van der Waals surface area contributed by atoms with Crippen LogP contribution in [0.4, 0.5) is 5.69 Å². The van der Waals surface area contributed by atoms with E-state index in [2.05, 4.69) is 0 Å². The summed E-state index contributed by atoms with van der Waals surface area (Å²) in [5.41, 5.74) is 4.22. The Bertz CT molecular complexity index is 1840. The monoisotopic (exact) mass is 610 g/mol. The van der Waals surface area contributed by atoms with Gasteiger partial charge in [0.05, 0.1) is 29.2 Å². The zero-order chi connectivity index (χ0) is 31.4. The number of nitrogens with zero attached hydrogens (tertiary/aromatic N) is 2. The van der Waals surface area contributed by atoms with Gasteiger partial charge in [-0.15, -0.1) is 0 Å². The number of aryl methyl sites for hydroxylation is 2. The zero-order valence-electron chi connectivity index (χ0n) is 25.1. The van der Waals surface area contributed by atoms with Gasteiger partial charge in [0.1, 0.15) is 11.5 Å². The van der Waals surface area contributed by atoms with Crippen LogP contribution in [0.1, 0.15) is 42.1 Å². The molecule has 0 spiro atoms. The molecular formula is C35H34N2O6S. The van der Waals surface area contributed by atoms with Gasteiger partial charge >= 0.3 is 5.97 Å². The Morgan fingerprint density at radius 2 is 1.50 bits per heavy atom. The summed E-state index contributed by atoms with van der Waals surface area (Å²) in [6.45, 7) is 7.52. The summed E-state index contributed by atoms with van der Waals surface area (Å²) in [5, 5.41) is 0. The number of amides is 1. The van der Waals surface area contributed by atoms with Gasteiger partial charge < -0.3 is 9.15 Å². The number of hydrogen-bond acceptors (Lipinski definition) is 6. The molecule has 1 aliphatic heterocycles. The van der Waals surface area contributed by atoms with Crippen molar-refractivity contribution in [1.29, 1.82) is 0 Å². The number of carbonyl (C=O) groups is 2. The number of benzene rings is 3. The number of para-hydroxylation sites is 1. The fourth-order valence-corrected chi connectivity index (χ4v) is 6.42. The van der Waals surface area contributed by atoms with Crippen LogP contribution >= 0.6 is 0 Å². The predicted octanol–water partition coefficient (Wildman–Crippen LogP) is 6.55. The molecule has 2 heterocycles. The summed E-state index contributed by atoms with van der Waals surface area (Å²) in [6, 6.07) is 26.8. The highest BCUT2D eigenvalue weighted by Gasteiger charge is 2.38. The molecule has 0 bridgehead atoms. The lowest BCUT2D eigenvalue weighted by atomic mass is 10.1. The number of esters is 1. The average Bonchev–Trinajstić information content (AvgIpc) is 3.55. The van der Waals surface area contributed by atoms with Crippen LogP contribution in [0.25, 0.3) is 6.08 Å². The number of furan rings is 1. The molecule has 0 atom stereocenters. The Morgan fingerprint density at radius 1 is 0.864 bits per heavy atom. The zero-order valence-corrected chi connectivity index (χ0v) is 25.9. The van der Waals surface area contributed by atoms with Gasteiger partial charge in [-0.3, -0.25) is 9.69 Å². The van der Waals surface area contributed by atoms with Crippen molar-refractivity contribution in [2.45, 2.75) is 45.7 Å². The predicted molar refractivity (Wildman–Crippen MR) is 169 cm³/mol. The molecule has 226 valence electrons. The quantitative estimate of drug-likeness (QED) is 0.149.